The van der Waals surface area contributed by atoms with Crippen molar-refractivity contribution in [3.63, 3.8) is 0 Å². The Hall–Kier alpha value is 0.440. The van der Waals surface area contributed by atoms with Crippen LogP contribution in [-0.2, 0) is 4.57 Å². The summed E-state index contributed by atoms with van der Waals surface area (Å²) < 4.78 is 3.78. The quantitative estimate of drug-likeness (QED) is 0.325. The molecule has 4 heavy (non-hydrogen) atoms. The Morgan fingerprint density at radius 1 is 2.00 bits per heavy atom. The van der Waals surface area contributed by atoms with Crippen molar-refractivity contribution in [3.8, 4) is 0 Å². The van der Waals surface area contributed by atoms with Gasteiger partial charge in [-0.25, -0.2) is 0 Å². The van der Waals surface area contributed by atoms with Gasteiger partial charge in [0.05, 0.1) is 0 Å². The number of hydrogen-bond acceptors (Lipinski definition) is 2. The molecule has 0 saturated heterocycles. The van der Waals surface area contributed by atoms with Crippen LogP contribution in [0.5, 0.6) is 0 Å². The van der Waals surface area contributed by atoms with E-state index in [4.69, 9.17) is 0 Å². The molecule has 0 spiro atoms. The molecule has 4 heteroatoms. The van der Waals surface area contributed by atoms with Gasteiger partial charge in [0.2, 0.25) is 0 Å². The second kappa shape index (κ2) is 3.44. The van der Waals surface area contributed by atoms with E-state index in [1.807, 2.05) is 0 Å². The average Bonchev–Trinajstić information content (AvgIpc) is 1.37. The third-order valence-electron chi connectivity index (χ3n) is 0.0609. The summed E-state index contributed by atoms with van der Waals surface area (Å²) in [5.41, 5.74) is 0. The Labute approximate surface area is 32.8 Å². The molecule has 0 saturated carbocycles. The minimum Gasteiger partial charge on any atom is -0.501 e. The van der Waals surface area contributed by atoms with Gasteiger partial charge in [0.15, 0.2) is 0 Å². The van der Waals surface area contributed by atoms with Crippen molar-refractivity contribution in [2.24, 2.45) is 0 Å². The van der Waals surface area contributed by atoms with Gasteiger partial charge in [0, 0.05) is 0 Å². The molecule has 0 aromatic heterocycles. The van der Waals surface area contributed by atoms with Gasteiger partial charge in [-0.15, -0.1) is 0 Å². The lowest BCUT2D eigenvalue weighted by molar-refractivity contribution is 0.685. The largest absolute Gasteiger partial charge is 0.501 e. The Bertz CT molecular complexity index is 8.00. The maximum atomic E-state index is 4.40. The molecule has 0 heterocycles. The molecule has 0 N–H and O–H groups in total. The monoisotopic (exact) mass is 71.0 g/mol. The van der Waals surface area contributed by atoms with Crippen molar-refractivity contribution in [1.29, 1.82) is 0 Å². The lowest BCUT2D eigenvalue weighted by atomic mass is 10.4. The number of hydrogen-bond donors (Lipinski definition) is 1. The van der Waals surface area contributed by atoms with Crippen LogP contribution in [0.1, 0.15) is 0 Å². The normalized spacial score (nSPS) is 6.25. The van der Waals surface area contributed by atoms with Crippen molar-refractivity contribution >= 4 is 27.3 Å². The molecule has 0 aromatic rings. The third kappa shape index (κ3) is 2.44. The Balaban J connectivity index is 1.97. The fourth-order valence-electron chi connectivity index (χ4n) is 0. The summed E-state index contributed by atoms with van der Waals surface area (Å²) in [5, 5.41) is 0. The first-order valence-corrected chi connectivity index (χ1v) is 1.25. The van der Waals surface area contributed by atoms with Gasteiger partial charge in [0.1, 0.15) is 0 Å². The molecular weight excluding hydrogens is 69.7 g/mol. The molecule has 0 aromatic carbocycles. The molecule has 19 valence electrons. The highest BCUT2D eigenvalue weighted by molar-refractivity contribution is 8.06. The van der Waals surface area contributed by atoms with E-state index < -0.39 is 0 Å². The van der Waals surface area contributed by atoms with E-state index in [2.05, 4.69) is 25.1 Å². The van der Waals surface area contributed by atoms with Crippen molar-refractivity contribution in [2.75, 3.05) is 0 Å². The van der Waals surface area contributed by atoms with E-state index in [1.165, 1.54) is 0 Å². The highest BCUT2D eigenvalue weighted by Crippen LogP contribution is 1.58. The zero-order valence-corrected chi connectivity index (χ0v) is 2.90. The van der Waals surface area contributed by atoms with E-state index in [9.17, 15) is 0 Å². The second-order valence-corrected chi connectivity index (χ2v) is 0.452. The predicted molar refractivity (Wildman–Crippen MR) is 21.6 cm³/mol. The smallest absolute Gasteiger partial charge is 0.351 e. The lowest BCUT2D eigenvalue weighted by Gasteiger charge is -1.72. The van der Waals surface area contributed by atoms with E-state index in [0.29, 0.717) is 0 Å². The lowest BCUT2D eigenvalue weighted by Crippen LogP contribution is -1.79. The molecule has 0 aliphatic carbocycles. The standard InChI is InChI=1S/B2HOS/c1-3-2-4/h4H. The third-order valence-corrected chi connectivity index (χ3v) is 0.183. The van der Waals surface area contributed by atoms with Gasteiger partial charge in [-0.1, -0.05) is 0 Å². The first kappa shape index (κ1) is 4.44. The van der Waals surface area contributed by atoms with Crippen molar-refractivity contribution in [1.82, 2.24) is 0 Å². The van der Waals surface area contributed by atoms with Crippen LogP contribution in [0, 0.1) is 0 Å². The van der Waals surface area contributed by atoms with Crippen molar-refractivity contribution in [2.45, 2.75) is 0 Å². The maximum Gasteiger partial charge on any atom is 0.351 e. The molecule has 0 atom stereocenters. The van der Waals surface area contributed by atoms with Crippen LogP contribution in [-0.4, -0.2) is 14.8 Å². The van der Waals surface area contributed by atoms with Crippen LogP contribution in [0.2, 0.25) is 0 Å². The van der Waals surface area contributed by atoms with Gasteiger partial charge in [-0.2, -0.15) is 12.5 Å². The van der Waals surface area contributed by atoms with Crippen LogP contribution >= 0.6 is 12.5 Å². The van der Waals surface area contributed by atoms with Crippen LogP contribution in [0.3, 0.4) is 0 Å². The highest BCUT2D eigenvalue weighted by atomic mass is 32.1. The van der Waals surface area contributed by atoms with Crippen LogP contribution in [0.25, 0.3) is 0 Å². The zero-order chi connectivity index (χ0) is 3.41. The van der Waals surface area contributed by atoms with E-state index >= 15 is 0 Å². The molecule has 3 radical (unpaired) electrons. The molecule has 1 nitrogen and oxygen atoms in total. The Morgan fingerprint density at radius 2 is 2.25 bits per heavy atom. The summed E-state index contributed by atoms with van der Waals surface area (Å²) in [6.07, 6.45) is 0. The van der Waals surface area contributed by atoms with Gasteiger partial charge >= 0.3 is 6.76 Å². The highest BCUT2D eigenvalue weighted by Gasteiger charge is 1.62. The fourth-order valence-corrected chi connectivity index (χ4v) is 0. The van der Waals surface area contributed by atoms with Gasteiger partial charge in [0.25, 0.3) is 8.05 Å². The topological polar surface area (TPSA) is 9.23 Å². The van der Waals surface area contributed by atoms with Gasteiger partial charge in [-0.05, 0) is 0 Å². The minimum atomic E-state index is 1.10. The van der Waals surface area contributed by atoms with Crippen molar-refractivity contribution < 1.29 is 4.57 Å². The van der Waals surface area contributed by atoms with Gasteiger partial charge in [-0.3, -0.25) is 0 Å². The molecule has 0 rings (SSSR count). The number of rotatable bonds is 1. The summed E-state index contributed by atoms with van der Waals surface area (Å²) in [7, 11) is 4.40. The first-order chi connectivity index (χ1) is 1.91. The summed E-state index contributed by atoms with van der Waals surface area (Å²) in [6.45, 7) is 1.10. The Kier molecular flexibility index (Phi) is 3.82. The molecule has 0 fully saturated rings. The summed E-state index contributed by atoms with van der Waals surface area (Å²) >= 11 is 3.45. The molecule has 0 aliphatic heterocycles. The van der Waals surface area contributed by atoms with Gasteiger partial charge < -0.3 is 4.57 Å². The maximum absolute atomic E-state index is 4.40. The molecule has 0 bridgehead atoms. The summed E-state index contributed by atoms with van der Waals surface area (Å²) in [6, 6.07) is 0. The summed E-state index contributed by atoms with van der Waals surface area (Å²) in [4.78, 5) is 0. The van der Waals surface area contributed by atoms with E-state index in [1.54, 1.807) is 0 Å². The van der Waals surface area contributed by atoms with Crippen LogP contribution < -0.4 is 0 Å². The average molecular weight is 70.7 g/mol. The minimum absolute atomic E-state index is 1.10. The molecule has 0 amide bonds. The van der Waals surface area contributed by atoms with E-state index in [-0.39, 0.29) is 0 Å². The summed E-state index contributed by atoms with van der Waals surface area (Å²) in [5.74, 6) is 0. The molecule has 0 aliphatic rings. The fraction of sp³-hybridized carbons (Fsp3) is 0. The zero-order valence-electron chi connectivity index (χ0n) is 2.01. The Morgan fingerprint density at radius 3 is 2.25 bits per heavy atom. The first-order valence-electron chi connectivity index (χ1n) is 0.730. The van der Waals surface area contributed by atoms with Crippen molar-refractivity contribution in [3.05, 3.63) is 0 Å². The molecule has 0 unspecified atom stereocenters. The predicted octanol–water partition coefficient (Wildman–Crippen LogP) is -0.450. The molecular formula is HB2OS. The number of thiol groups is 1. The SMILES string of the molecule is [B]O[B]S. The second-order valence-electron chi connectivity index (χ2n) is 0.241. The van der Waals surface area contributed by atoms with Crippen LogP contribution in [0.4, 0.5) is 0 Å². The van der Waals surface area contributed by atoms with E-state index in [0.717, 1.165) is 6.76 Å². The van der Waals surface area contributed by atoms with Crippen LogP contribution in [0.15, 0.2) is 0 Å².